The number of nitro groups is 1. The van der Waals surface area contributed by atoms with Crippen molar-refractivity contribution in [3.63, 3.8) is 0 Å². The van der Waals surface area contributed by atoms with Gasteiger partial charge >= 0.3 is 5.69 Å². The molecule has 8 nitrogen and oxygen atoms in total. The van der Waals surface area contributed by atoms with Crippen molar-refractivity contribution in [2.45, 2.75) is 25.4 Å². The van der Waals surface area contributed by atoms with E-state index in [1.165, 1.54) is 13.4 Å². The van der Waals surface area contributed by atoms with Gasteiger partial charge in [-0.05, 0) is 19.8 Å². The molecule has 0 aromatic carbocycles. The van der Waals surface area contributed by atoms with Crippen LogP contribution in [0.1, 0.15) is 19.8 Å². The highest BCUT2D eigenvalue weighted by molar-refractivity contribution is 5.63. The second-order valence-electron chi connectivity index (χ2n) is 4.83. The van der Waals surface area contributed by atoms with Crippen molar-refractivity contribution in [2.75, 3.05) is 25.1 Å². The van der Waals surface area contributed by atoms with Gasteiger partial charge in [0.2, 0.25) is 5.82 Å². The molecule has 0 amide bonds. The lowest BCUT2D eigenvalue weighted by Crippen LogP contribution is -2.46. The normalized spacial score (nSPS) is 23.2. The summed E-state index contributed by atoms with van der Waals surface area (Å²) in [5, 5.41) is 21.2. The van der Waals surface area contributed by atoms with E-state index in [2.05, 4.69) is 9.97 Å². The molecule has 2 rings (SSSR count). The molecule has 1 unspecified atom stereocenters. The average Bonchev–Trinajstić information content (AvgIpc) is 2.36. The zero-order valence-corrected chi connectivity index (χ0v) is 10.9. The van der Waals surface area contributed by atoms with E-state index < -0.39 is 10.5 Å². The van der Waals surface area contributed by atoms with Crippen molar-refractivity contribution in [2.24, 2.45) is 0 Å². The smallest absolute Gasteiger partial charge is 0.372 e. The molecule has 104 valence electrons. The number of hydrogen-bond acceptors (Lipinski definition) is 7. The largest absolute Gasteiger partial charge is 0.476 e. The van der Waals surface area contributed by atoms with E-state index in [-0.39, 0.29) is 17.4 Å². The van der Waals surface area contributed by atoms with Gasteiger partial charge in [0.25, 0.3) is 5.88 Å². The third-order valence-corrected chi connectivity index (χ3v) is 3.12. The lowest BCUT2D eigenvalue weighted by atomic mass is 9.95. The van der Waals surface area contributed by atoms with Crippen LogP contribution in [0.3, 0.4) is 0 Å². The number of piperidine rings is 1. The van der Waals surface area contributed by atoms with E-state index in [1.54, 1.807) is 11.8 Å². The maximum Gasteiger partial charge on any atom is 0.372 e. The number of β-amino-alcohol motifs (C(OH)–C–C–N with tert-alkyl or cyclic N) is 1. The standard InChI is InChI=1S/C11H16N4O4/c1-11(16)4-3-5-14(6-11)9-8(15(17)18)10(19-2)13-7-12-9/h7,16H,3-6H2,1-2H3. The Bertz CT molecular complexity index is 492. The fourth-order valence-electron chi connectivity index (χ4n) is 2.30. The quantitative estimate of drug-likeness (QED) is 0.637. The molecule has 0 aliphatic carbocycles. The first-order chi connectivity index (χ1) is 8.94. The number of methoxy groups -OCH3 is 1. The Morgan fingerprint density at radius 3 is 2.89 bits per heavy atom. The van der Waals surface area contributed by atoms with Crippen LogP contribution in [0.2, 0.25) is 0 Å². The van der Waals surface area contributed by atoms with Crippen LogP contribution in [-0.2, 0) is 0 Å². The summed E-state index contributed by atoms with van der Waals surface area (Å²) in [6.07, 6.45) is 2.64. The van der Waals surface area contributed by atoms with E-state index in [1.807, 2.05) is 0 Å². The lowest BCUT2D eigenvalue weighted by molar-refractivity contribution is -0.385. The molecule has 1 aromatic rings. The lowest BCUT2D eigenvalue weighted by Gasteiger charge is -2.37. The van der Waals surface area contributed by atoms with Gasteiger partial charge in [-0.1, -0.05) is 0 Å². The highest BCUT2D eigenvalue weighted by Gasteiger charge is 2.34. The molecule has 19 heavy (non-hydrogen) atoms. The first-order valence-electron chi connectivity index (χ1n) is 5.95. The maximum absolute atomic E-state index is 11.2. The van der Waals surface area contributed by atoms with Crippen LogP contribution >= 0.6 is 0 Å². The van der Waals surface area contributed by atoms with Gasteiger partial charge in [0.05, 0.1) is 17.6 Å². The van der Waals surface area contributed by atoms with Crippen molar-refractivity contribution in [3.05, 3.63) is 16.4 Å². The number of rotatable bonds is 3. The minimum atomic E-state index is -0.871. The van der Waals surface area contributed by atoms with Crippen molar-refractivity contribution in [1.82, 2.24) is 9.97 Å². The molecule has 1 aliphatic rings. The highest BCUT2D eigenvalue weighted by atomic mass is 16.6. The van der Waals surface area contributed by atoms with Gasteiger partial charge in [0.15, 0.2) is 0 Å². The van der Waals surface area contributed by atoms with E-state index >= 15 is 0 Å². The number of ether oxygens (including phenoxy) is 1. The summed E-state index contributed by atoms with van der Waals surface area (Å²) < 4.78 is 4.91. The molecule has 1 aromatic heterocycles. The maximum atomic E-state index is 11.2. The topological polar surface area (TPSA) is 102 Å². The number of anilines is 1. The van der Waals surface area contributed by atoms with Gasteiger partial charge in [-0.3, -0.25) is 10.1 Å². The Morgan fingerprint density at radius 1 is 1.58 bits per heavy atom. The summed E-state index contributed by atoms with van der Waals surface area (Å²) >= 11 is 0. The third kappa shape index (κ3) is 2.73. The predicted molar refractivity (Wildman–Crippen MR) is 67.3 cm³/mol. The Balaban J connectivity index is 2.41. The summed E-state index contributed by atoms with van der Waals surface area (Å²) in [6.45, 7) is 2.62. The van der Waals surface area contributed by atoms with Crippen LogP contribution in [0.4, 0.5) is 11.5 Å². The molecule has 0 saturated carbocycles. The number of aromatic nitrogens is 2. The van der Waals surface area contributed by atoms with Crippen molar-refractivity contribution in [3.8, 4) is 5.88 Å². The first-order valence-corrected chi connectivity index (χ1v) is 5.95. The van der Waals surface area contributed by atoms with E-state index in [0.29, 0.717) is 19.5 Å². The Kier molecular flexibility index (Phi) is 3.52. The second kappa shape index (κ2) is 4.96. The minimum Gasteiger partial charge on any atom is -0.476 e. The summed E-state index contributed by atoms with van der Waals surface area (Å²) in [5.41, 5.74) is -1.13. The number of nitrogens with zero attached hydrogens (tertiary/aromatic N) is 4. The van der Waals surface area contributed by atoms with Crippen LogP contribution < -0.4 is 9.64 Å². The Labute approximate surface area is 110 Å². The molecule has 1 saturated heterocycles. The molecular formula is C11H16N4O4. The van der Waals surface area contributed by atoms with Gasteiger partial charge in [-0.25, -0.2) is 4.98 Å². The van der Waals surface area contributed by atoms with Gasteiger partial charge in [0, 0.05) is 13.1 Å². The second-order valence-corrected chi connectivity index (χ2v) is 4.83. The van der Waals surface area contributed by atoms with Crippen LogP contribution in [-0.4, -0.2) is 45.8 Å². The van der Waals surface area contributed by atoms with Crippen LogP contribution in [0.25, 0.3) is 0 Å². The van der Waals surface area contributed by atoms with E-state index in [4.69, 9.17) is 4.74 Å². The highest BCUT2D eigenvalue weighted by Crippen LogP contribution is 2.35. The van der Waals surface area contributed by atoms with Crippen LogP contribution in [0, 0.1) is 10.1 Å². The predicted octanol–water partition coefficient (Wildman–Crippen LogP) is 0.745. The van der Waals surface area contributed by atoms with E-state index in [0.717, 1.165) is 6.42 Å². The molecule has 1 fully saturated rings. The molecule has 1 atom stereocenters. The van der Waals surface area contributed by atoms with Gasteiger partial charge in [-0.15, -0.1) is 0 Å². The third-order valence-electron chi connectivity index (χ3n) is 3.12. The van der Waals surface area contributed by atoms with Gasteiger partial charge in [0.1, 0.15) is 6.33 Å². The van der Waals surface area contributed by atoms with Crippen molar-refractivity contribution >= 4 is 11.5 Å². The molecule has 0 radical (unpaired) electrons. The number of aliphatic hydroxyl groups is 1. The molecule has 0 bridgehead atoms. The van der Waals surface area contributed by atoms with Gasteiger partial charge in [-0.2, -0.15) is 4.98 Å². The van der Waals surface area contributed by atoms with E-state index in [9.17, 15) is 15.2 Å². The van der Waals surface area contributed by atoms with Crippen LogP contribution in [0.5, 0.6) is 5.88 Å². The fourth-order valence-corrected chi connectivity index (χ4v) is 2.30. The molecular weight excluding hydrogens is 252 g/mol. The average molecular weight is 268 g/mol. The zero-order chi connectivity index (χ0) is 14.0. The van der Waals surface area contributed by atoms with Crippen molar-refractivity contribution < 1.29 is 14.8 Å². The minimum absolute atomic E-state index is 0.0692. The first kappa shape index (κ1) is 13.5. The SMILES string of the molecule is COc1ncnc(N2CCCC(C)(O)C2)c1[N+](=O)[O-]. The Hall–Kier alpha value is -1.96. The molecule has 8 heteroatoms. The van der Waals surface area contributed by atoms with Crippen molar-refractivity contribution in [1.29, 1.82) is 0 Å². The summed E-state index contributed by atoms with van der Waals surface area (Å²) in [5.74, 6) is 0.122. The van der Waals surface area contributed by atoms with Crippen LogP contribution in [0.15, 0.2) is 6.33 Å². The fraction of sp³-hybridized carbons (Fsp3) is 0.636. The summed E-state index contributed by atoms with van der Waals surface area (Å²) in [4.78, 5) is 20.0. The molecule has 1 aliphatic heterocycles. The molecule has 2 heterocycles. The number of hydrogen-bond donors (Lipinski definition) is 1. The zero-order valence-electron chi connectivity index (χ0n) is 10.9. The summed E-state index contributed by atoms with van der Waals surface area (Å²) in [6, 6.07) is 0. The Morgan fingerprint density at radius 2 is 2.32 bits per heavy atom. The molecule has 1 N–H and O–H groups in total. The summed E-state index contributed by atoms with van der Waals surface area (Å²) in [7, 11) is 1.32. The monoisotopic (exact) mass is 268 g/mol. The van der Waals surface area contributed by atoms with Gasteiger partial charge < -0.3 is 14.7 Å². The molecule has 0 spiro atoms.